The highest BCUT2D eigenvalue weighted by molar-refractivity contribution is 5.73. The summed E-state index contributed by atoms with van der Waals surface area (Å²) >= 11 is 0. The first-order valence-corrected chi connectivity index (χ1v) is 9.32. The highest BCUT2D eigenvalue weighted by atomic mass is 19.4. The van der Waals surface area contributed by atoms with Crippen molar-refractivity contribution in [3.05, 3.63) is 46.1 Å². The van der Waals surface area contributed by atoms with E-state index in [-0.39, 0.29) is 29.2 Å². The number of rotatable bonds is 5. The van der Waals surface area contributed by atoms with Crippen molar-refractivity contribution in [2.45, 2.75) is 50.9 Å². The van der Waals surface area contributed by atoms with Crippen molar-refractivity contribution in [2.75, 3.05) is 13.9 Å². The number of hydrogen-bond acceptors (Lipinski definition) is 5. The van der Waals surface area contributed by atoms with Crippen LogP contribution in [0.1, 0.15) is 42.9 Å². The smallest absolute Gasteiger partial charge is 0.416 e. The molecule has 0 saturated heterocycles. The Labute approximate surface area is 165 Å². The summed E-state index contributed by atoms with van der Waals surface area (Å²) in [5, 5.41) is 10.3. The van der Waals surface area contributed by atoms with Crippen LogP contribution in [-0.2, 0) is 10.9 Å². The summed E-state index contributed by atoms with van der Waals surface area (Å²) in [5.74, 6) is -0.111. The second-order valence-electron chi connectivity index (χ2n) is 7.15. The first-order valence-electron chi connectivity index (χ1n) is 9.32. The standard InChI is InChI=1S/C20H23F3N2O4/c1-12-7-13(20(21,22)23)8-17(29-11-28-2)18(12)14-9-24-10-25(19(14)27)15-5-3-4-6-16(15)26/h7-10,15-16,26H,3-6,11H2,1-2H3/t15-,16-/m0/s1. The van der Waals surface area contributed by atoms with Gasteiger partial charge in [-0.15, -0.1) is 0 Å². The molecule has 1 aromatic carbocycles. The number of alkyl halides is 3. The molecule has 0 unspecified atom stereocenters. The van der Waals surface area contributed by atoms with Gasteiger partial charge in [0.15, 0.2) is 6.79 Å². The molecule has 158 valence electrons. The van der Waals surface area contributed by atoms with Crippen LogP contribution < -0.4 is 10.3 Å². The number of benzene rings is 1. The minimum atomic E-state index is -4.56. The highest BCUT2D eigenvalue weighted by Gasteiger charge is 2.33. The van der Waals surface area contributed by atoms with Gasteiger partial charge in [0.25, 0.3) is 5.56 Å². The van der Waals surface area contributed by atoms with Crippen LogP contribution in [-0.4, -0.2) is 34.7 Å². The molecule has 2 atom stereocenters. The minimum Gasteiger partial charge on any atom is -0.467 e. The lowest BCUT2D eigenvalue weighted by atomic mass is 9.92. The van der Waals surface area contributed by atoms with Crippen molar-refractivity contribution in [1.82, 2.24) is 9.55 Å². The van der Waals surface area contributed by atoms with Crippen LogP contribution in [0.15, 0.2) is 29.5 Å². The molecule has 0 radical (unpaired) electrons. The number of nitrogens with zero attached hydrogens (tertiary/aromatic N) is 2. The number of hydrogen-bond donors (Lipinski definition) is 1. The van der Waals surface area contributed by atoms with E-state index in [0.29, 0.717) is 12.8 Å². The van der Waals surface area contributed by atoms with Gasteiger partial charge in [-0.3, -0.25) is 9.36 Å². The molecule has 1 saturated carbocycles. The number of methoxy groups -OCH3 is 1. The highest BCUT2D eigenvalue weighted by Crippen LogP contribution is 2.39. The fourth-order valence-corrected chi connectivity index (χ4v) is 3.75. The van der Waals surface area contributed by atoms with Gasteiger partial charge in [0, 0.05) is 18.9 Å². The molecule has 1 aliphatic carbocycles. The minimum absolute atomic E-state index is 0.111. The van der Waals surface area contributed by atoms with Crippen molar-refractivity contribution in [3.63, 3.8) is 0 Å². The Hall–Kier alpha value is -2.39. The van der Waals surface area contributed by atoms with Crippen LogP contribution in [0.4, 0.5) is 13.2 Å². The maximum absolute atomic E-state index is 13.2. The lowest BCUT2D eigenvalue weighted by Gasteiger charge is -2.29. The topological polar surface area (TPSA) is 73.6 Å². The Morgan fingerprint density at radius 3 is 2.66 bits per heavy atom. The number of aromatic nitrogens is 2. The van der Waals surface area contributed by atoms with Crippen molar-refractivity contribution in [3.8, 4) is 16.9 Å². The van der Waals surface area contributed by atoms with E-state index in [2.05, 4.69) is 4.98 Å². The van der Waals surface area contributed by atoms with Crippen molar-refractivity contribution >= 4 is 0 Å². The molecule has 0 spiro atoms. The van der Waals surface area contributed by atoms with Crippen LogP contribution in [0, 0.1) is 6.92 Å². The second-order valence-corrected chi connectivity index (χ2v) is 7.15. The number of aryl methyl sites for hydroxylation is 1. The van der Waals surface area contributed by atoms with Crippen LogP contribution in [0.2, 0.25) is 0 Å². The zero-order valence-electron chi connectivity index (χ0n) is 16.2. The predicted molar refractivity (Wildman–Crippen MR) is 99.7 cm³/mol. The summed E-state index contributed by atoms with van der Waals surface area (Å²) in [4.78, 5) is 17.3. The third kappa shape index (κ3) is 4.45. The summed E-state index contributed by atoms with van der Waals surface area (Å²) in [7, 11) is 1.35. The van der Waals surface area contributed by atoms with Gasteiger partial charge in [-0.05, 0) is 37.5 Å². The summed E-state index contributed by atoms with van der Waals surface area (Å²) < 4.78 is 51.3. The molecule has 9 heteroatoms. The molecule has 1 aliphatic rings. The van der Waals surface area contributed by atoms with Crippen LogP contribution in [0.25, 0.3) is 11.1 Å². The molecule has 1 aromatic heterocycles. The third-order valence-corrected chi connectivity index (χ3v) is 5.14. The number of aliphatic hydroxyl groups is 1. The average Bonchev–Trinajstić information content (AvgIpc) is 2.66. The van der Waals surface area contributed by atoms with Gasteiger partial charge in [0.05, 0.1) is 29.6 Å². The van der Waals surface area contributed by atoms with Crippen LogP contribution >= 0.6 is 0 Å². The van der Waals surface area contributed by atoms with Gasteiger partial charge in [0.2, 0.25) is 0 Å². The lowest BCUT2D eigenvalue weighted by Crippen LogP contribution is -2.35. The van der Waals surface area contributed by atoms with Crippen molar-refractivity contribution in [1.29, 1.82) is 0 Å². The van der Waals surface area contributed by atoms with Gasteiger partial charge in [-0.1, -0.05) is 12.8 Å². The zero-order chi connectivity index (χ0) is 21.2. The summed E-state index contributed by atoms with van der Waals surface area (Å²) in [6, 6.07) is 1.41. The fourth-order valence-electron chi connectivity index (χ4n) is 3.75. The molecule has 2 aromatic rings. The molecule has 1 N–H and O–H groups in total. The molecule has 0 bridgehead atoms. The van der Waals surface area contributed by atoms with E-state index in [4.69, 9.17) is 9.47 Å². The number of halogens is 3. The van der Waals surface area contributed by atoms with E-state index in [0.717, 1.165) is 25.0 Å². The van der Waals surface area contributed by atoms with Crippen molar-refractivity contribution in [2.24, 2.45) is 0 Å². The number of ether oxygens (including phenoxy) is 2. The maximum Gasteiger partial charge on any atom is 0.416 e. The summed E-state index contributed by atoms with van der Waals surface area (Å²) in [5.41, 5.74) is -0.741. The van der Waals surface area contributed by atoms with Gasteiger partial charge >= 0.3 is 6.18 Å². The molecular weight excluding hydrogens is 389 g/mol. The maximum atomic E-state index is 13.2. The normalized spacial score (nSPS) is 19.9. The van der Waals surface area contributed by atoms with Gasteiger partial charge in [0.1, 0.15) is 5.75 Å². The van der Waals surface area contributed by atoms with Gasteiger partial charge < -0.3 is 14.6 Å². The lowest BCUT2D eigenvalue weighted by molar-refractivity contribution is -0.137. The second kappa shape index (κ2) is 8.54. The van der Waals surface area contributed by atoms with Crippen LogP contribution in [0.3, 0.4) is 0 Å². The molecule has 1 heterocycles. The largest absolute Gasteiger partial charge is 0.467 e. The Morgan fingerprint density at radius 1 is 1.28 bits per heavy atom. The molecule has 0 amide bonds. The SMILES string of the molecule is COCOc1cc(C(F)(F)F)cc(C)c1-c1cncn([C@H]2CCCC[C@@H]2O)c1=O. The van der Waals surface area contributed by atoms with Gasteiger partial charge in [-0.2, -0.15) is 13.2 Å². The van der Waals surface area contributed by atoms with Crippen LogP contribution in [0.5, 0.6) is 5.75 Å². The Bertz CT molecular complexity index is 927. The van der Waals surface area contributed by atoms with E-state index >= 15 is 0 Å². The monoisotopic (exact) mass is 412 g/mol. The summed E-state index contributed by atoms with van der Waals surface area (Å²) in [6.07, 6.45) is 0.413. The quantitative estimate of drug-likeness (QED) is 0.759. The molecule has 3 rings (SSSR count). The Morgan fingerprint density at radius 2 is 2.00 bits per heavy atom. The van der Waals surface area contributed by atoms with E-state index in [1.54, 1.807) is 0 Å². The first-order chi connectivity index (χ1) is 13.7. The predicted octanol–water partition coefficient (Wildman–Crippen LogP) is 3.70. The molecule has 6 nitrogen and oxygen atoms in total. The molecule has 1 fully saturated rings. The third-order valence-electron chi connectivity index (χ3n) is 5.14. The zero-order valence-corrected chi connectivity index (χ0v) is 16.2. The van der Waals surface area contributed by atoms with E-state index in [9.17, 15) is 23.1 Å². The average molecular weight is 412 g/mol. The van der Waals surface area contributed by atoms with Crippen molar-refractivity contribution < 1.29 is 27.8 Å². The molecule has 0 aliphatic heterocycles. The molecule has 29 heavy (non-hydrogen) atoms. The first kappa shape index (κ1) is 21.3. The van der Waals surface area contributed by atoms with E-state index in [1.165, 1.54) is 31.1 Å². The summed E-state index contributed by atoms with van der Waals surface area (Å²) in [6.45, 7) is 1.21. The van der Waals surface area contributed by atoms with E-state index in [1.807, 2.05) is 0 Å². The number of aliphatic hydroxyl groups excluding tert-OH is 1. The fraction of sp³-hybridized carbons (Fsp3) is 0.500. The Kier molecular flexibility index (Phi) is 6.28. The van der Waals surface area contributed by atoms with E-state index < -0.39 is 29.4 Å². The van der Waals surface area contributed by atoms with Gasteiger partial charge in [-0.25, -0.2) is 4.98 Å². The Balaban J connectivity index is 2.15. The molecular formula is C20H23F3N2O4.